The predicted molar refractivity (Wildman–Crippen MR) is 54.8 cm³/mol. The van der Waals surface area contributed by atoms with E-state index in [-0.39, 0.29) is 6.04 Å². The minimum Gasteiger partial charge on any atom is -0.453 e. The van der Waals surface area contributed by atoms with E-state index in [9.17, 15) is 0 Å². The first-order chi connectivity index (χ1) is 6.25. The van der Waals surface area contributed by atoms with Crippen LogP contribution in [0.3, 0.4) is 0 Å². The molecule has 0 aliphatic heterocycles. The van der Waals surface area contributed by atoms with Gasteiger partial charge in [0.1, 0.15) is 0 Å². The average molecular weight is 202 g/mol. The fourth-order valence-corrected chi connectivity index (χ4v) is 1.59. The number of furan rings is 1. The quantitative estimate of drug-likeness (QED) is 0.741. The summed E-state index contributed by atoms with van der Waals surface area (Å²) in [6.45, 7) is 2.18. The minimum absolute atomic E-state index is 0.0257. The number of hydrogen-bond donors (Lipinski definition) is 1. The monoisotopic (exact) mass is 201 g/mol. The summed E-state index contributed by atoms with van der Waals surface area (Å²) in [6, 6.07) is 1.87. The Labute approximate surface area is 84.1 Å². The van der Waals surface area contributed by atoms with Crippen molar-refractivity contribution < 1.29 is 4.42 Å². The number of halogens is 1. The van der Waals surface area contributed by atoms with Gasteiger partial charge in [-0.3, -0.25) is 0 Å². The molecule has 0 spiro atoms. The standard InChI is InChI=1S/C10H16ClNO/c1-2-3-4-5-9(12)8-6-7-13-10(8)11/h6-7,9H,2-5,12H2,1H3. The van der Waals surface area contributed by atoms with Gasteiger partial charge in [-0.05, 0) is 24.1 Å². The first kappa shape index (κ1) is 10.6. The SMILES string of the molecule is CCCCCC(N)c1ccoc1Cl. The van der Waals surface area contributed by atoms with Crippen LogP contribution in [0.4, 0.5) is 0 Å². The number of nitrogens with two attached hydrogens (primary N) is 1. The third-order valence-corrected chi connectivity index (χ3v) is 2.47. The third kappa shape index (κ3) is 3.05. The number of hydrogen-bond acceptors (Lipinski definition) is 2. The van der Waals surface area contributed by atoms with E-state index in [4.69, 9.17) is 21.8 Å². The molecule has 1 aromatic rings. The zero-order chi connectivity index (χ0) is 9.68. The Bertz CT molecular complexity index is 247. The molecule has 0 radical (unpaired) electrons. The van der Waals surface area contributed by atoms with Crippen LogP contribution in [0, 0.1) is 0 Å². The summed E-state index contributed by atoms with van der Waals surface area (Å²) >= 11 is 5.80. The maximum atomic E-state index is 5.94. The van der Waals surface area contributed by atoms with Crippen molar-refractivity contribution in [2.45, 2.75) is 38.6 Å². The maximum absolute atomic E-state index is 5.94. The zero-order valence-corrected chi connectivity index (χ0v) is 8.68. The van der Waals surface area contributed by atoms with E-state index in [0.717, 1.165) is 18.4 Å². The van der Waals surface area contributed by atoms with Crippen molar-refractivity contribution in [1.82, 2.24) is 0 Å². The molecule has 0 aromatic carbocycles. The molecule has 0 bridgehead atoms. The summed E-state index contributed by atoms with van der Waals surface area (Å²) in [5.41, 5.74) is 6.87. The lowest BCUT2D eigenvalue weighted by molar-refractivity contribution is 0.546. The molecule has 1 aromatic heterocycles. The Kier molecular flexibility index (Phi) is 4.33. The third-order valence-electron chi connectivity index (χ3n) is 2.16. The van der Waals surface area contributed by atoms with Gasteiger partial charge in [-0.15, -0.1) is 0 Å². The lowest BCUT2D eigenvalue weighted by Gasteiger charge is -2.08. The lowest BCUT2D eigenvalue weighted by Crippen LogP contribution is -2.09. The second kappa shape index (κ2) is 5.30. The number of unbranched alkanes of at least 4 members (excludes halogenated alkanes) is 2. The van der Waals surface area contributed by atoms with Crippen molar-refractivity contribution in [3.63, 3.8) is 0 Å². The molecule has 1 heterocycles. The van der Waals surface area contributed by atoms with Crippen LogP contribution in [-0.4, -0.2) is 0 Å². The van der Waals surface area contributed by atoms with Gasteiger partial charge >= 0.3 is 0 Å². The van der Waals surface area contributed by atoms with Crippen molar-refractivity contribution in [2.24, 2.45) is 5.73 Å². The normalized spacial score (nSPS) is 13.2. The van der Waals surface area contributed by atoms with E-state index >= 15 is 0 Å². The smallest absolute Gasteiger partial charge is 0.197 e. The molecule has 3 heteroatoms. The first-order valence-corrected chi connectivity index (χ1v) is 5.12. The minimum atomic E-state index is 0.0257. The van der Waals surface area contributed by atoms with Crippen LogP contribution in [0.5, 0.6) is 0 Å². The first-order valence-electron chi connectivity index (χ1n) is 4.74. The van der Waals surface area contributed by atoms with Crippen LogP contribution < -0.4 is 5.73 Å². The van der Waals surface area contributed by atoms with Gasteiger partial charge in [0.2, 0.25) is 0 Å². The Hall–Kier alpha value is -0.470. The van der Waals surface area contributed by atoms with Gasteiger partial charge < -0.3 is 10.2 Å². The van der Waals surface area contributed by atoms with E-state index in [1.165, 1.54) is 12.8 Å². The molecule has 1 unspecified atom stereocenters. The van der Waals surface area contributed by atoms with E-state index in [1.807, 2.05) is 6.07 Å². The van der Waals surface area contributed by atoms with Crippen LogP contribution in [0.15, 0.2) is 16.7 Å². The topological polar surface area (TPSA) is 39.2 Å². The van der Waals surface area contributed by atoms with Crippen molar-refractivity contribution in [3.05, 3.63) is 23.1 Å². The average Bonchev–Trinajstić information content (AvgIpc) is 2.52. The van der Waals surface area contributed by atoms with E-state index < -0.39 is 0 Å². The molecule has 2 N–H and O–H groups in total. The Morgan fingerprint density at radius 2 is 2.31 bits per heavy atom. The lowest BCUT2D eigenvalue weighted by atomic mass is 10.0. The fraction of sp³-hybridized carbons (Fsp3) is 0.600. The van der Waals surface area contributed by atoms with Crippen molar-refractivity contribution >= 4 is 11.6 Å². The van der Waals surface area contributed by atoms with E-state index in [0.29, 0.717) is 5.22 Å². The molecule has 0 aliphatic carbocycles. The molecule has 0 fully saturated rings. The molecule has 2 nitrogen and oxygen atoms in total. The summed E-state index contributed by atoms with van der Waals surface area (Å²) < 4.78 is 4.98. The van der Waals surface area contributed by atoms with Crippen molar-refractivity contribution in [1.29, 1.82) is 0 Å². The molecule has 13 heavy (non-hydrogen) atoms. The highest BCUT2D eigenvalue weighted by molar-refractivity contribution is 6.29. The van der Waals surface area contributed by atoms with Crippen molar-refractivity contribution in [2.75, 3.05) is 0 Å². The van der Waals surface area contributed by atoms with Gasteiger partial charge in [-0.25, -0.2) is 0 Å². The molecule has 0 saturated heterocycles. The Morgan fingerprint density at radius 3 is 2.85 bits per heavy atom. The highest BCUT2D eigenvalue weighted by Crippen LogP contribution is 2.25. The van der Waals surface area contributed by atoms with Gasteiger partial charge in [0.05, 0.1) is 6.26 Å². The molecule has 1 atom stereocenters. The summed E-state index contributed by atoms with van der Waals surface area (Å²) in [4.78, 5) is 0. The summed E-state index contributed by atoms with van der Waals surface area (Å²) in [5, 5.41) is 0.434. The number of rotatable bonds is 5. The van der Waals surface area contributed by atoms with Gasteiger partial charge in [0.15, 0.2) is 5.22 Å². The Balaban J connectivity index is 2.39. The molecular formula is C10H16ClNO. The van der Waals surface area contributed by atoms with E-state index in [1.54, 1.807) is 6.26 Å². The highest BCUT2D eigenvalue weighted by Gasteiger charge is 2.11. The molecule has 0 aliphatic rings. The molecule has 0 saturated carbocycles. The Morgan fingerprint density at radius 1 is 1.54 bits per heavy atom. The fourth-order valence-electron chi connectivity index (χ4n) is 1.34. The maximum Gasteiger partial charge on any atom is 0.197 e. The van der Waals surface area contributed by atoms with Gasteiger partial charge in [-0.1, -0.05) is 26.2 Å². The van der Waals surface area contributed by atoms with Crippen LogP contribution >= 0.6 is 11.6 Å². The van der Waals surface area contributed by atoms with Crippen molar-refractivity contribution in [3.8, 4) is 0 Å². The van der Waals surface area contributed by atoms with E-state index in [2.05, 4.69) is 6.92 Å². The highest BCUT2D eigenvalue weighted by atomic mass is 35.5. The van der Waals surface area contributed by atoms with Gasteiger partial charge in [0.25, 0.3) is 0 Å². The molecule has 74 valence electrons. The van der Waals surface area contributed by atoms with Gasteiger partial charge in [0, 0.05) is 11.6 Å². The predicted octanol–water partition coefficient (Wildman–Crippen LogP) is 3.51. The second-order valence-corrected chi connectivity index (χ2v) is 3.60. The zero-order valence-electron chi connectivity index (χ0n) is 7.92. The second-order valence-electron chi connectivity index (χ2n) is 3.25. The summed E-state index contributed by atoms with van der Waals surface area (Å²) in [7, 11) is 0. The molecule has 1 rings (SSSR count). The van der Waals surface area contributed by atoms with Crippen LogP contribution in [0.1, 0.15) is 44.2 Å². The van der Waals surface area contributed by atoms with Crippen LogP contribution in [0.2, 0.25) is 5.22 Å². The largest absolute Gasteiger partial charge is 0.453 e. The molecule has 0 amide bonds. The van der Waals surface area contributed by atoms with Gasteiger partial charge in [-0.2, -0.15) is 0 Å². The summed E-state index contributed by atoms with van der Waals surface area (Å²) in [5.74, 6) is 0. The van der Waals surface area contributed by atoms with Crippen LogP contribution in [0.25, 0.3) is 0 Å². The summed E-state index contributed by atoms with van der Waals surface area (Å²) in [6.07, 6.45) is 6.15. The van der Waals surface area contributed by atoms with Crippen LogP contribution in [-0.2, 0) is 0 Å². The molecular weight excluding hydrogens is 186 g/mol.